The largest absolute Gasteiger partial charge is 0.493 e. The summed E-state index contributed by atoms with van der Waals surface area (Å²) in [5.41, 5.74) is 4.51. The smallest absolute Gasteiger partial charge is 0.264 e. The van der Waals surface area contributed by atoms with Crippen molar-refractivity contribution in [3.05, 3.63) is 82.9 Å². The molecule has 0 aromatic heterocycles. The maximum Gasteiger partial charge on any atom is 0.264 e. The molecule has 0 aliphatic carbocycles. The molecule has 0 bridgehead atoms. The molecule has 0 heterocycles. The minimum atomic E-state index is -4.05. The van der Waals surface area contributed by atoms with Crippen molar-refractivity contribution in [2.75, 3.05) is 25.1 Å². The van der Waals surface area contributed by atoms with E-state index in [0.717, 1.165) is 21.0 Å². The van der Waals surface area contributed by atoms with Gasteiger partial charge in [0.2, 0.25) is 5.91 Å². The van der Waals surface area contributed by atoms with E-state index in [2.05, 4.69) is 11.4 Å². The first-order valence-electron chi connectivity index (χ1n) is 11.8. The summed E-state index contributed by atoms with van der Waals surface area (Å²) in [6.07, 6.45) is 0.662. The number of hydrogen-bond acceptors (Lipinski definition) is 5. The first-order chi connectivity index (χ1) is 17.1. The van der Waals surface area contributed by atoms with E-state index in [1.807, 2.05) is 39.8 Å². The molecule has 1 atom stereocenters. The normalized spacial score (nSPS) is 12.1. The molecular formula is C28H34N2O5S. The number of nitrogens with one attached hydrogen (secondary N) is 1. The summed E-state index contributed by atoms with van der Waals surface area (Å²) < 4.78 is 39.2. The van der Waals surface area contributed by atoms with Crippen LogP contribution in [0, 0.1) is 20.8 Å². The number of carbonyl (C=O) groups excluding carboxylic acids is 1. The number of benzene rings is 3. The number of methoxy groups -OCH3 is 2. The van der Waals surface area contributed by atoms with E-state index >= 15 is 0 Å². The van der Waals surface area contributed by atoms with Crippen LogP contribution in [0.15, 0.2) is 65.6 Å². The van der Waals surface area contributed by atoms with Crippen LogP contribution < -0.4 is 19.1 Å². The molecular weight excluding hydrogens is 476 g/mol. The molecule has 0 aliphatic heterocycles. The number of sulfonamides is 1. The van der Waals surface area contributed by atoms with Crippen molar-refractivity contribution in [1.29, 1.82) is 0 Å². The predicted octanol–water partition coefficient (Wildman–Crippen LogP) is 5.09. The highest BCUT2D eigenvalue weighted by atomic mass is 32.2. The van der Waals surface area contributed by atoms with Crippen LogP contribution in [0.5, 0.6) is 11.5 Å². The SMILES string of the molecule is CCC(NC(=O)CN(c1ccc(OC)c(OC)c1)S(=O)(=O)c1ccc(C)cc1)c1ccc(C)c(C)c1. The Morgan fingerprint density at radius 3 is 2.14 bits per heavy atom. The highest BCUT2D eigenvalue weighted by molar-refractivity contribution is 7.92. The molecule has 3 aromatic carbocycles. The molecule has 3 aromatic rings. The summed E-state index contributed by atoms with van der Waals surface area (Å²) in [7, 11) is -1.08. The van der Waals surface area contributed by atoms with Crippen molar-refractivity contribution in [2.45, 2.75) is 45.1 Å². The zero-order valence-corrected chi connectivity index (χ0v) is 22.5. The second kappa shape index (κ2) is 11.5. The molecule has 0 spiro atoms. The van der Waals surface area contributed by atoms with Gasteiger partial charge in [-0.25, -0.2) is 8.42 Å². The molecule has 36 heavy (non-hydrogen) atoms. The summed E-state index contributed by atoms with van der Waals surface area (Å²) in [6.45, 7) is 7.53. The highest BCUT2D eigenvalue weighted by Crippen LogP contribution is 2.34. The van der Waals surface area contributed by atoms with Gasteiger partial charge in [-0.1, -0.05) is 42.8 Å². The Labute approximate surface area is 214 Å². The van der Waals surface area contributed by atoms with Gasteiger partial charge >= 0.3 is 0 Å². The van der Waals surface area contributed by atoms with Crippen molar-refractivity contribution in [2.24, 2.45) is 0 Å². The first-order valence-corrected chi connectivity index (χ1v) is 13.2. The summed E-state index contributed by atoms with van der Waals surface area (Å²) in [5.74, 6) is 0.408. The van der Waals surface area contributed by atoms with Gasteiger partial charge < -0.3 is 14.8 Å². The lowest BCUT2D eigenvalue weighted by atomic mass is 9.99. The van der Waals surface area contributed by atoms with E-state index in [-0.39, 0.29) is 10.9 Å². The quantitative estimate of drug-likeness (QED) is 0.411. The van der Waals surface area contributed by atoms with E-state index < -0.39 is 22.5 Å². The number of ether oxygens (including phenoxy) is 2. The second-order valence-corrected chi connectivity index (χ2v) is 10.6. The summed E-state index contributed by atoms with van der Waals surface area (Å²) in [5, 5.41) is 3.01. The van der Waals surface area contributed by atoms with Crippen LogP contribution in [0.1, 0.15) is 41.6 Å². The number of amides is 1. The average molecular weight is 511 g/mol. The maximum absolute atomic E-state index is 13.7. The Hall–Kier alpha value is -3.52. The van der Waals surface area contributed by atoms with Gasteiger partial charge in [-0.2, -0.15) is 0 Å². The Morgan fingerprint density at radius 2 is 1.56 bits per heavy atom. The van der Waals surface area contributed by atoms with Gasteiger partial charge in [0.25, 0.3) is 10.0 Å². The monoisotopic (exact) mass is 510 g/mol. The fourth-order valence-electron chi connectivity index (χ4n) is 3.91. The molecule has 1 N–H and O–H groups in total. The van der Waals surface area contributed by atoms with Crippen molar-refractivity contribution in [3.8, 4) is 11.5 Å². The van der Waals surface area contributed by atoms with Gasteiger partial charge in [0.05, 0.1) is 30.8 Å². The number of rotatable bonds is 10. The number of carbonyl (C=O) groups is 1. The van der Waals surface area contributed by atoms with Crippen LogP contribution in [0.2, 0.25) is 0 Å². The minimum absolute atomic E-state index is 0.0943. The van der Waals surface area contributed by atoms with Crippen LogP contribution in [-0.4, -0.2) is 35.1 Å². The number of aryl methyl sites for hydroxylation is 3. The Kier molecular flexibility index (Phi) is 8.63. The van der Waals surface area contributed by atoms with Crippen LogP contribution in [0.3, 0.4) is 0 Å². The minimum Gasteiger partial charge on any atom is -0.493 e. The van der Waals surface area contributed by atoms with Crippen LogP contribution in [0.4, 0.5) is 5.69 Å². The molecule has 0 saturated carbocycles. The highest BCUT2D eigenvalue weighted by Gasteiger charge is 2.29. The van der Waals surface area contributed by atoms with E-state index in [1.165, 1.54) is 19.8 Å². The van der Waals surface area contributed by atoms with E-state index in [4.69, 9.17) is 9.47 Å². The second-order valence-electron chi connectivity index (χ2n) is 8.74. The third-order valence-corrected chi connectivity index (χ3v) is 8.02. The van der Waals surface area contributed by atoms with E-state index in [0.29, 0.717) is 23.6 Å². The maximum atomic E-state index is 13.7. The van der Waals surface area contributed by atoms with E-state index in [9.17, 15) is 13.2 Å². The van der Waals surface area contributed by atoms with Gasteiger partial charge in [0.1, 0.15) is 6.54 Å². The lowest BCUT2D eigenvalue weighted by Crippen LogP contribution is -2.42. The van der Waals surface area contributed by atoms with Gasteiger partial charge in [-0.05, 0) is 68.1 Å². The molecule has 3 rings (SSSR count). The molecule has 0 fully saturated rings. The zero-order chi connectivity index (χ0) is 26.5. The molecule has 1 amide bonds. The van der Waals surface area contributed by atoms with Crippen molar-refractivity contribution in [1.82, 2.24) is 5.32 Å². The zero-order valence-electron chi connectivity index (χ0n) is 21.7. The lowest BCUT2D eigenvalue weighted by Gasteiger charge is -2.26. The van der Waals surface area contributed by atoms with Crippen molar-refractivity contribution < 1.29 is 22.7 Å². The van der Waals surface area contributed by atoms with Gasteiger partial charge in [-0.15, -0.1) is 0 Å². The molecule has 8 heteroatoms. The molecule has 192 valence electrons. The third-order valence-electron chi connectivity index (χ3n) is 6.23. The average Bonchev–Trinajstić information content (AvgIpc) is 2.87. The number of anilines is 1. The molecule has 0 aliphatic rings. The van der Waals surface area contributed by atoms with E-state index in [1.54, 1.807) is 42.5 Å². The van der Waals surface area contributed by atoms with Crippen molar-refractivity contribution in [3.63, 3.8) is 0 Å². The number of hydrogen-bond donors (Lipinski definition) is 1. The molecule has 1 unspecified atom stereocenters. The predicted molar refractivity (Wildman–Crippen MR) is 142 cm³/mol. The van der Waals surface area contributed by atoms with Gasteiger partial charge in [-0.3, -0.25) is 9.10 Å². The molecule has 0 radical (unpaired) electrons. The van der Waals surface area contributed by atoms with Crippen LogP contribution >= 0.6 is 0 Å². The van der Waals surface area contributed by atoms with Gasteiger partial charge in [0, 0.05) is 6.07 Å². The standard InChI is InChI=1S/C28H34N2O5S/c1-7-25(22-11-10-20(3)21(4)16-22)29-28(31)18-30(23-12-15-26(34-5)27(17-23)35-6)36(32,33)24-13-8-19(2)9-14-24/h8-17,25H,7,18H2,1-6H3,(H,29,31). The number of nitrogens with zero attached hydrogens (tertiary/aromatic N) is 1. The van der Waals surface area contributed by atoms with Crippen molar-refractivity contribution >= 4 is 21.6 Å². The van der Waals surface area contributed by atoms with Crippen LogP contribution in [0.25, 0.3) is 0 Å². The third kappa shape index (κ3) is 5.99. The lowest BCUT2D eigenvalue weighted by molar-refractivity contribution is -0.120. The van der Waals surface area contributed by atoms with Crippen LogP contribution in [-0.2, 0) is 14.8 Å². The summed E-state index contributed by atoms with van der Waals surface area (Å²) in [4.78, 5) is 13.4. The van der Waals surface area contributed by atoms with Gasteiger partial charge in [0.15, 0.2) is 11.5 Å². The summed E-state index contributed by atoms with van der Waals surface area (Å²) in [6, 6.07) is 17.1. The molecule has 7 nitrogen and oxygen atoms in total. The topological polar surface area (TPSA) is 84.9 Å². The summed E-state index contributed by atoms with van der Waals surface area (Å²) >= 11 is 0. The Bertz CT molecular complexity index is 1320. The fourth-order valence-corrected chi connectivity index (χ4v) is 5.32. The molecule has 0 saturated heterocycles. The fraction of sp³-hybridized carbons (Fsp3) is 0.321. The Balaban J connectivity index is 1.98. The first kappa shape index (κ1) is 27.1. The Morgan fingerprint density at radius 1 is 0.889 bits per heavy atom.